The van der Waals surface area contributed by atoms with E-state index in [2.05, 4.69) is 15.3 Å². The van der Waals surface area contributed by atoms with Crippen molar-refractivity contribution in [2.24, 2.45) is 5.73 Å². The van der Waals surface area contributed by atoms with Crippen LogP contribution >= 0.6 is 11.6 Å². The smallest absolute Gasteiger partial charge is 0.231 e. The highest BCUT2D eigenvalue weighted by Gasteiger charge is 2.25. The average molecular weight is 314 g/mol. The van der Waals surface area contributed by atoms with Crippen molar-refractivity contribution in [1.82, 2.24) is 20.0 Å². The number of primary amides is 1. The van der Waals surface area contributed by atoms with Crippen LogP contribution in [0.3, 0.4) is 0 Å². The molecule has 2 rings (SSSR count). The maximum atomic E-state index is 11.4. The number of hydrogen-bond acceptors (Lipinski definition) is 4. The third kappa shape index (κ3) is 3.96. The Hall–Kier alpha value is -1.11. The summed E-state index contributed by atoms with van der Waals surface area (Å²) in [6.45, 7) is 7.52. The van der Waals surface area contributed by atoms with Gasteiger partial charge in [0.2, 0.25) is 5.91 Å². The first-order valence-corrected chi connectivity index (χ1v) is 7.85. The molecule has 2 heterocycles. The fourth-order valence-corrected chi connectivity index (χ4v) is 3.09. The van der Waals surface area contributed by atoms with E-state index in [1.54, 1.807) is 0 Å². The second-order valence-electron chi connectivity index (χ2n) is 5.51. The van der Waals surface area contributed by atoms with Crippen molar-refractivity contribution in [3.8, 4) is 0 Å². The van der Waals surface area contributed by atoms with Gasteiger partial charge in [-0.05, 0) is 39.8 Å². The summed E-state index contributed by atoms with van der Waals surface area (Å²) in [5.74, 6) is -0.302. The number of halogens is 1. The predicted octanol–water partition coefficient (Wildman–Crippen LogP) is 0.904. The Morgan fingerprint density at radius 1 is 1.52 bits per heavy atom. The van der Waals surface area contributed by atoms with Crippen molar-refractivity contribution in [3.63, 3.8) is 0 Å². The Morgan fingerprint density at radius 2 is 2.19 bits per heavy atom. The Morgan fingerprint density at radius 3 is 2.76 bits per heavy atom. The van der Waals surface area contributed by atoms with Crippen molar-refractivity contribution in [3.05, 3.63) is 16.4 Å². The van der Waals surface area contributed by atoms with Crippen LogP contribution < -0.4 is 11.1 Å². The second kappa shape index (κ2) is 7.24. The molecule has 0 spiro atoms. The highest BCUT2D eigenvalue weighted by molar-refractivity contribution is 6.31. The van der Waals surface area contributed by atoms with E-state index in [0.717, 1.165) is 43.9 Å². The van der Waals surface area contributed by atoms with Gasteiger partial charge in [-0.2, -0.15) is 5.10 Å². The molecule has 0 radical (unpaired) electrons. The van der Waals surface area contributed by atoms with Crippen molar-refractivity contribution in [2.45, 2.75) is 45.8 Å². The van der Waals surface area contributed by atoms with Crippen LogP contribution in [0.4, 0.5) is 0 Å². The minimum Gasteiger partial charge on any atom is -0.369 e. The van der Waals surface area contributed by atoms with Crippen LogP contribution in [0.25, 0.3) is 0 Å². The molecule has 0 unspecified atom stereocenters. The standard InChI is InChI=1S/C14H24ClN5O/c1-3-20-12(14(15)10(2)18-20)8-19(9-13(16)21)11-4-6-17-7-5-11/h11,17H,3-9H2,1-2H3,(H2,16,21). The maximum Gasteiger partial charge on any atom is 0.231 e. The number of aromatic nitrogens is 2. The number of carbonyl (C=O) groups excluding carboxylic acids is 1. The van der Waals surface area contributed by atoms with E-state index in [1.165, 1.54) is 0 Å². The summed E-state index contributed by atoms with van der Waals surface area (Å²) < 4.78 is 1.91. The minimum absolute atomic E-state index is 0.259. The second-order valence-corrected chi connectivity index (χ2v) is 5.89. The molecule has 1 aromatic heterocycles. The topological polar surface area (TPSA) is 76.2 Å². The highest BCUT2D eigenvalue weighted by Crippen LogP contribution is 2.24. The monoisotopic (exact) mass is 313 g/mol. The molecule has 1 aromatic rings. The summed E-state index contributed by atoms with van der Waals surface area (Å²) in [6.07, 6.45) is 2.04. The number of nitrogens with zero attached hydrogens (tertiary/aromatic N) is 3. The van der Waals surface area contributed by atoms with E-state index < -0.39 is 0 Å². The zero-order valence-electron chi connectivity index (χ0n) is 12.7. The van der Waals surface area contributed by atoms with Gasteiger partial charge < -0.3 is 11.1 Å². The van der Waals surface area contributed by atoms with Crippen LogP contribution in [0.1, 0.15) is 31.2 Å². The lowest BCUT2D eigenvalue weighted by Crippen LogP contribution is -2.46. The van der Waals surface area contributed by atoms with Gasteiger partial charge in [-0.25, -0.2) is 0 Å². The lowest BCUT2D eigenvalue weighted by molar-refractivity contribution is -0.120. The Bertz CT molecular complexity index is 496. The lowest BCUT2D eigenvalue weighted by atomic mass is 10.0. The van der Waals surface area contributed by atoms with Crippen molar-refractivity contribution in [2.75, 3.05) is 19.6 Å². The van der Waals surface area contributed by atoms with Gasteiger partial charge in [0.25, 0.3) is 0 Å². The molecule has 0 bridgehead atoms. The molecule has 0 saturated carbocycles. The van der Waals surface area contributed by atoms with Crippen LogP contribution in [0.15, 0.2) is 0 Å². The van der Waals surface area contributed by atoms with Crippen LogP contribution in [0, 0.1) is 6.92 Å². The van der Waals surface area contributed by atoms with E-state index >= 15 is 0 Å². The average Bonchev–Trinajstić information content (AvgIpc) is 2.74. The van der Waals surface area contributed by atoms with E-state index in [0.29, 0.717) is 17.6 Å². The Balaban J connectivity index is 2.19. The summed E-state index contributed by atoms with van der Waals surface area (Å²) >= 11 is 6.37. The SMILES string of the molecule is CCn1nc(C)c(Cl)c1CN(CC(N)=O)C1CCNCC1. The predicted molar refractivity (Wildman–Crippen MR) is 83.1 cm³/mol. The van der Waals surface area contributed by atoms with Gasteiger partial charge in [-0.15, -0.1) is 0 Å². The molecule has 3 N–H and O–H groups in total. The maximum absolute atomic E-state index is 11.4. The molecule has 0 atom stereocenters. The number of carbonyl (C=O) groups is 1. The summed E-state index contributed by atoms with van der Waals surface area (Å²) in [5, 5.41) is 8.47. The summed E-state index contributed by atoms with van der Waals surface area (Å²) in [4.78, 5) is 13.5. The first-order valence-electron chi connectivity index (χ1n) is 7.47. The van der Waals surface area contributed by atoms with E-state index in [-0.39, 0.29) is 12.5 Å². The quantitative estimate of drug-likeness (QED) is 0.818. The molecule has 0 aromatic carbocycles. The van der Waals surface area contributed by atoms with Gasteiger partial charge >= 0.3 is 0 Å². The van der Waals surface area contributed by atoms with Gasteiger partial charge in [-0.1, -0.05) is 11.6 Å². The highest BCUT2D eigenvalue weighted by atomic mass is 35.5. The summed E-state index contributed by atoms with van der Waals surface area (Å²) in [5.41, 5.74) is 7.22. The number of rotatable bonds is 6. The minimum atomic E-state index is -0.302. The molecule has 21 heavy (non-hydrogen) atoms. The Kier molecular flexibility index (Phi) is 5.61. The van der Waals surface area contributed by atoms with Gasteiger partial charge in [-0.3, -0.25) is 14.4 Å². The van der Waals surface area contributed by atoms with Gasteiger partial charge in [0.1, 0.15) is 0 Å². The first kappa shape index (κ1) is 16.3. The fraction of sp³-hybridized carbons (Fsp3) is 0.714. The molecule has 1 aliphatic rings. The number of piperidine rings is 1. The number of hydrogen-bond donors (Lipinski definition) is 2. The van der Waals surface area contributed by atoms with Crippen LogP contribution in [-0.2, 0) is 17.9 Å². The zero-order valence-corrected chi connectivity index (χ0v) is 13.5. The molecule has 118 valence electrons. The zero-order chi connectivity index (χ0) is 15.4. The van der Waals surface area contributed by atoms with Crippen LogP contribution in [0.2, 0.25) is 5.02 Å². The van der Waals surface area contributed by atoms with E-state index in [4.69, 9.17) is 17.3 Å². The molecular formula is C14H24ClN5O. The molecule has 1 amide bonds. The molecule has 6 nitrogen and oxygen atoms in total. The van der Waals surface area contributed by atoms with Crippen LogP contribution in [0.5, 0.6) is 0 Å². The molecule has 0 aliphatic carbocycles. The summed E-state index contributed by atoms with van der Waals surface area (Å²) in [7, 11) is 0. The number of aryl methyl sites for hydroxylation is 2. The lowest BCUT2D eigenvalue weighted by Gasteiger charge is -2.33. The molecular weight excluding hydrogens is 290 g/mol. The molecule has 1 aliphatic heterocycles. The molecule has 1 saturated heterocycles. The summed E-state index contributed by atoms with van der Waals surface area (Å²) in [6, 6.07) is 0.357. The van der Waals surface area contributed by atoms with Crippen LogP contribution in [-0.4, -0.2) is 46.3 Å². The van der Waals surface area contributed by atoms with E-state index in [9.17, 15) is 4.79 Å². The van der Waals surface area contributed by atoms with Crippen molar-refractivity contribution in [1.29, 1.82) is 0 Å². The van der Waals surface area contributed by atoms with Crippen molar-refractivity contribution >= 4 is 17.5 Å². The van der Waals surface area contributed by atoms with Crippen molar-refractivity contribution < 1.29 is 4.79 Å². The third-order valence-corrected chi connectivity index (χ3v) is 4.48. The largest absolute Gasteiger partial charge is 0.369 e. The normalized spacial score (nSPS) is 16.6. The number of nitrogens with one attached hydrogen (secondary N) is 1. The van der Waals surface area contributed by atoms with Gasteiger partial charge in [0.15, 0.2) is 0 Å². The third-order valence-electron chi connectivity index (χ3n) is 3.99. The van der Waals surface area contributed by atoms with Gasteiger partial charge in [0, 0.05) is 19.1 Å². The molecule has 1 fully saturated rings. The number of nitrogens with two attached hydrogens (primary N) is 1. The Labute approximate surface area is 130 Å². The number of amides is 1. The van der Waals surface area contributed by atoms with E-state index in [1.807, 2.05) is 18.5 Å². The molecule has 7 heteroatoms. The first-order chi connectivity index (χ1) is 10.0. The van der Waals surface area contributed by atoms with Gasteiger partial charge in [0.05, 0.1) is 23.0 Å². The fourth-order valence-electron chi connectivity index (χ4n) is 2.90.